The van der Waals surface area contributed by atoms with Gasteiger partial charge in [0.15, 0.2) is 0 Å². The van der Waals surface area contributed by atoms with Crippen LogP contribution in [0.4, 0.5) is 0 Å². The van der Waals surface area contributed by atoms with Crippen molar-refractivity contribution in [3.05, 3.63) is 53.2 Å². The van der Waals surface area contributed by atoms with Gasteiger partial charge in [-0.25, -0.2) is 0 Å². The Hall–Kier alpha value is -2.31. The molecule has 0 saturated heterocycles. The molecule has 0 bridgehead atoms. The fourth-order valence-electron chi connectivity index (χ4n) is 2.26. The number of aryl methyl sites for hydroxylation is 1. The average Bonchev–Trinajstić information content (AvgIpc) is 2.84. The molecule has 3 rings (SSSR count). The molecule has 92 valence electrons. The molecule has 0 radical (unpaired) electrons. The van der Waals surface area contributed by atoms with Crippen molar-refractivity contribution in [2.75, 3.05) is 0 Å². The highest BCUT2D eigenvalue weighted by Crippen LogP contribution is 2.36. The van der Waals surface area contributed by atoms with E-state index in [4.69, 9.17) is 11.6 Å². The minimum Gasteiger partial charge on any atom is -0.268 e. The SMILES string of the molecule is Cn1nccc1-c1c(C#N)cc2ccccc2c1Cl. The van der Waals surface area contributed by atoms with Gasteiger partial charge in [-0.2, -0.15) is 10.4 Å². The van der Waals surface area contributed by atoms with E-state index in [0.29, 0.717) is 10.6 Å². The van der Waals surface area contributed by atoms with Crippen LogP contribution >= 0.6 is 11.6 Å². The maximum Gasteiger partial charge on any atom is 0.0999 e. The molecule has 3 aromatic rings. The maximum absolute atomic E-state index is 9.35. The zero-order chi connectivity index (χ0) is 13.4. The molecule has 1 heterocycles. The lowest BCUT2D eigenvalue weighted by Gasteiger charge is -2.10. The Morgan fingerprint density at radius 3 is 2.74 bits per heavy atom. The summed E-state index contributed by atoms with van der Waals surface area (Å²) in [5.41, 5.74) is 2.14. The normalized spacial score (nSPS) is 10.6. The summed E-state index contributed by atoms with van der Waals surface area (Å²) in [6.45, 7) is 0. The fraction of sp³-hybridized carbons (Fsp3) is 0.0667. The quantitative estimate of drug-likeness (QED) is 0.673. The monoisotopic (exact) mass is 267 g/mol. The molecule has 0 N–H and O–H groups in total. The molecule has 0 fully saturated rings. The molecular weight excluding hydrogens is 258 g/mol. The summed E-state index contributed by atoms with van der Waals surface area (Å²) in [7, 11) is 1.84. The van der Waals surface area contributed by atoms with Crippen molar-refractivity contribution in [2.24, 2.45) is 7.05 Å². The zero-order valence-corrected chi connectivity index (χ0v) is 11.0. The molecule has 0 atom stereocenters. The number of nitrogens with zero attached hydrogens (tertiary/aromatic N) is 3. The summed E-state index contributed by atoms with van der Waals surface area (Å²) in [6.07, 6.45) is 1.70. The van der Waals surface area contributed by atoms with Crippen LogP contribution in [0.15, 0.2) is 42.6 Å². The van der Waals surface area contributed by atoms with Crippen molar-refractivity contribution in [1.82, 2.24) is 9.78 Å². The standard InChI is InChI=1S/C15H10ClN3/c1-19-13(6-7-18-19)14-11(9-17)8-10-4-2-3-5-12(10)15(14)16/h2-8H,1H3. The minimum atomic E-state index is 0.562. The Kier molecular flexibility index (Phi) is 2.73. The van der Waals surface area contributed by atoms with Gasteiger partial charge in [0, 0.05) is 24.2 Å². The van der Waals surface area contributed by atoms with E-state index >= 15 is 0 Å². The van der Waals surface area contributed by atoms with Crippen LogP contribution in [0.3, 0.4) is 0 Å². The van der Waals surface area contributed by atoms with E-state index in [9.17, 15) is 5.26 Å². The van der Waals surface area contributed by atoms with Gasteiger partial charge in [0.25, 0.3) is 0 Å². The molecule has 0 unspecified atom stereocenters. The molecule has 0 amide bonds. The van der Waals surface area contributed by atoms with Crippen LogP contribution < -0.4 is 0 Å². The maximum atomic E-state index is 9.35. The fourth-order valence-corrected chi connectivity index (χ4v) is 2.63. The van der Waals surface area contributed by atoms with Gasteiger partial charge in [0.2, 0.25) is 0 Å². The number of aromatic nitrogens is 2. The summed E-state index contributed by atoms with van der Waals surface area (Å²) in [5.74, 6) is 0. The molecule has 19 heavy (non-hydrogen) atoms. The highest BCUT2D eigenvalue weighted by Gasteiger charge is 2.15. The third-order valence-electron chi connectivity index (χ3n) is 3.18. The molecule has 1 aromatic heterocycles. The molecule has 0 spiro atoms. The summed E-state index contributed by atoms with van der Waals surface area (Å²) in [6, 6.07) is 13.7. The number of nitriles is 1. The lowest BCUT2D eigenvalue weighted by molar-refractivity contribution is 0.776. The summed E-state index contributed by atoms with van der Waals surface area (Å²) >= 11 is 6.50. The van der Waals surface area contributed by atoms with Gasteiger partial charge in [-0.1, -0.05) is 35.9 Å². The van der Waals surface area contributed by atoms with Gasteiger partial charge < -0.3 is 0 Å². The lowest BCUT2D eigenvalue weighted by Crippen LogP contribution is -1.96. The van der Waals surface area contributed by atoms with Crippen molar-refractivity contribution in [2.45, 2.75) is 0 Å². The van der Waals surface area contributed by atoms with Crippen molar-refractivity contribution >= 4 is 22.4 Å². The Balaban J connectivity index is 2.45. The molecule has 0 aliphatic heterocycles. The van der Waals surface area contributed by atoms with Crippen molar-refractivity contribution < 1.29 is 0 Å². The van der Waals surface area contributed by atoms with Crippen LogP contribution in [0.1, 0.15) is 5.56 Å². The van der Waals surface area contributed by atoms with Crippen LogP contribution in [0.25, 0.3) is 22.0 Å². The van der Waals surface area contributed by atoms with Gasteiger partial charge in [-0.05, 0) is 17.5 Å². The summed E-state index contributed by atoms with van der Waals surface area (Å²) < 4.78 is 1.72. The zero-order valence-electron chi connectivity index (χ0n) is 10.3. The molecule has 0 saturated carbocycles. The van der Waals surface area contributed by atoms with E-state index in [0.717, 1.165) is 22.0 Å². The van der Waals surface area contributed by atoms with Crippen molar-refractivity contribution in [1.29, 1.82) is 5.26 Å². The first kappa shape index (κ1) is 11.8. The van der Waals surface area contributed by atoms with Crippen LogP contribution in [-0.2, 0) is 7.05 Å². The molecule has 2 aromatic carbocycles. The van der Waals surface area contributed by atoms with Crippen LogP contribution in [0.5, 0.6) is 0 Å². The first-order chi connectivity index (χ1) is 9.22. The third-order valence-corrected chi connectivity index (χ3v) is 3.58. The lowest BCUT2D eigenvalue weighted by atomic mass is 9.99. The van der Waals surface area contributed by atoms with E-state index in [2.05, 4.69) is 11.2 Å². The molecule has 4 heteroatoms. The second kappa shape index (κ2) is 4.42. The highest BCUT2D eigenvalue weighted by molar-refractivity contribution is 6.38. The largest absolute Gasteiger partial charge is 0.268 e. The molecule has 3 nitrogen and oxygen atoms in total. The Bertz CT molecular complexity index is 812. The third kappa shape index (κ3) is 1.78. The van der Waals surface area contributed by atoms with Crippen LogP contribution in [0.2, 0.25) is 5.02 Å². The smallest absolute Gasteiger partial charge is 0.0999 e. The topological polar surface area (TPSA) is 41.6 Å². The van der Waals surface area contributed by atoms with E-state index in [-0.39, 0.29) is 0 Å². The van der Waals surface area contributed by atoms with Crippen LogP contribution in [0, 0.1) is 11.3 Å². The van der Waals surface area contributed by atoms with E-state index in [1.807, 2.05) is 43.4 Å². The van der Waals surface area contributed by atoms with Crippen molar-refractivity contribution in [3.63, 3.8) is 0 Å². The van der Waals surface area contributed by atoms with Crippen LogP contribution in [-0.4, -0.2) is 9.78 Å². The number of hydrogen-bond donors (Lipinski definition) is 0. The number of halogens is 1. The first-order valence-corrected chi connectivity index (χ1v) is 6.20. The Morgan fingerprint density at radius 2 is 2.05 bits per heavy atom. The number of rotatable bonds is 1. The Morgan fingerprint density at radius 1 is 1.26 bits per heavy atom. The second-order valence-corrected chi connectivity index (χ2v) is 4.66. The minimum absolute atomic E-state index is 0.562. The summed E-state index contributed by atoms with van der Waals surface area (Å²) in [5, 5.41) is 16.0. The van der Waals surface area contributed by atoms with E-state index < -0.39 is 0 Å². The molecule has 0 aliphatic carbocycles. The predicted octanol–water partition coefficient (Wildman–Crippen LogP) is 3.77. The number of hydrogen-bond acceptors (Lipinski definition) is 2. The first-order valence-electron chi connectivity index (χ1n) is 5.82. The number of fused-ring (bicyclic) bond motifs is 1. The average molecular weight is 268 g/mol. The Labute approximate surface area is 115 Å². The van der Waals surface area contributed by atoms with Gasteiger partial charge in [0.1, 0.15) is 0 Å². The van der Waals surface area contributed by atoms with Crippen molar-refractivity contribution in [3.8, 4) is 17.3 Å². The number of benzene rings is 2. The molecule has 0 aliphatic rings. The predicted molar refractivity (Wildman–Crippen MR) is 75.9 cm³/mol. The van der Waals surface area contributed by atoms with E-state index in [1.165, 1.54) is 0 Å². The highest BCUT2D eigenvalue weighted by atomic mass is 35.5. The second-order valence-electron chi connectivity index (χ2n) is 4.29. The van der Waals surface area contributed by atoms with Gasteiger partial charge in [-0.15, -0.1) is 0 Å². The van der Waals surface area contributed by atoms with Gasteiger partial charge in [-0.3, -0.25) is 4.68 Å². The summed E-state index contributed by atoms with van der Waals surface area (Å²) in [4.78, 5) is 0. The van der Waals surface area contributed by atoms with Gasteiger partial charge >= 0.3 is 0 Å². The molecular formula is C15H10ClN3. The van der Waals surface area contributed by atoms with Gasteiger partial charge in [0.05, 0.1) is 22.3 Å². The van der Waals surface area contributed by atoms with E-state index in [1.54, 1.807) is 10.9 Å².